The lowest BCUT2D eigenvalue weighted by molar-refractivity contribution is 0.0356. The Morgan fingerprint density at radius 2 is 1.89 bits per heavy atom. The maximum absolute atomic E-state index is 13.7. The Morgan fingerprint density at radius 1 is 1.14 bits per heavy atom. The number of hydrogen-bond donors (Lipinski definition) is 0. The normalized spacial score (nSPS) is 14.5. The molecular formula is C26H28FN5O2S. The smallest absolute Gasteiger partial charge is 0.264 e. The first-order valence-corrected chi connectivity index (χ1v) is 12.6. The molecule has 0 radical (unpaired) electrons. The number of carbonyl (C=O) groups is 1. The van der Waals surface area contributed by atoms with E-state index in [-0.39, 0.29) is 11.7 Å². The molecule has 5 rings (SSSR count). The zero-order valence-corrected chi connectivity index (χ0v) is 20.5. The number of aromatic nitrogens is 3. The van der Waals surface area contributed by atoms with Crippen molar-refractivity contribution in [1.29, 1.82) is 0 Å². The number of morpholine rings is 1. The van der Waals surface area contributed by atoms with Gasteiger partial charge in [0.05, 0.1) is 29.5 Å². The highest BCUT2D eigenvalue weighted by molar-refractivity contribution is 7.20. The average Bonchev–Trinajstić information content (AvgIpc) is 3.45. The molecule has 1 aromatic carbocycles. The molecule has 3 aromatic heterocycles. The molecule has 35 heavy (non-hydrogen) atoms. The van der Waals surface area contributed by atoms with E-state index in [1.54, 1.807) is 29.2 Å². The second-order valence-corrected chi connectivity index (χ2v) is 9.72. The number of thiophene rings is 1. The van der Waals surface area contributed by atoms with Crippen molar-refractivity contribution < 1.29 is 13.9 Å². The second-order valence-electron chi connectivity index (χ2n) is 8.69. The number of amides is 1. The molecule has 0 unspecified atom stereocenters. The van der Waals surface area contributed by atoms with Crippen molar-refractivity contribution in [2.75, 3.05) is 39.4 Å². The first-order valence-electron chi connectivity index (χ1n) is 11.8. The van der Waals surface area contributed by atoms with Crippen LogP contribution >= 0.6 is 11.3 Å². The fourth-order valence-corrected chi connectivity index (χ4v) is 5.49. The number of pyridine rings is 1. The Balaban J connectivity index is 1.38. The van der Waals surface area contributed by atoms with Gasteiger partial charge >= 0.3 is 0 Å². The number of aryl methyl sites for hydroxylation is 1. The minimum Gasteiger partial charge on any atom is -0.379 e. The van der Waals surface area contributed by atoms with E-state index in [1.807, 2.05) is 30.0 Å². The van der Waals surface area contributed by atoms with Crippen molar-refractivity contribution in [3.05, 3.63) is 76.8 Å². The largest absolute Gasteiger partial charge is 0.379 e. The summed E-state index contributed by atoms with van der Waals surface area (Å²) in [6, 6.07) is 12.1. The Kier molecular flexibility index (Phi) is 7.17. The van der Waals surface area contributed by atoms with E-state index < -0.39 is 0 Å². The number of carbonyl (C=O) groups excluding carboxylic acids is 1. The van der Waals surface area contributed by atoms with Crippen molar-refractivity contribution >= 4 is 27.5 Å². The number of rotatable bonds is 8. The van der Waals surface area contributed by atoms with Crippen LogP contribution in [0.2, 0.25) is 0 Å². The zero-order valence-electron chi connectivity index (χ0n) is 19.7. The third-order valence-corrected chi connectivity index (χ3v) is 7.34. The minimum atomic E-state index is -0.292. The van der Waals surface area contributed by atoms with Gasteiger partial charge in [0, 0.05) is 50.5 Å². The molecule has 4 aromatic rings. The Bertz CT molecular complexity index is 1280. The van der Waals surface area contributed by atoms with Crippen LogP contribution in [0.1, 0.15) is 27.3 Å². The van der Waals surface area contributed by atoms with E-state index in [0.717, 1.165) is 66.4 Å². The zero-order chi connectivity index (χ0) is 24.2. The Labute approximate surface area is 207 Å². The standard InChI is InChI=1S/C26H28FN5O2S/c1-19-23-17-24(35-26(23)32(29-19)22-5-3-21(27)4-6-22)25(33)31(18-20-7-9-28-10-8-20)12-2-11-30-13-15-34-16-14-30/h3-10,17H,2,11-16,18H2,1H3. The van der Waals surface area contributed by atoms with E-state index in [2.05, 4.69) is 15.0 Å². The summed E-state index contributed by atoms with van der Waals surface area (Å²) in [5, 5.41) is 5.57. The number of halogens is 1. The Morgan fingerprint density at radius 3 is 2.63 bits per heavy atom. The van der Waals surface area contributed by atoms with Gasteiger partial charge in [-0.2, -0.15) is 5.10 Å². The molecule has 1 amide bonds. The van der Waals surface area contributed by atoms with E-state index in [9.17, 15) is 9.18 Å². The van der Waals surface area contributed by atoms with Crippen molar-refractivity contribution in [3.8, 4) is 5.69 Å². The van der Waals surface area contributed by atoms with E-state index in [1.165, 1.54) is 23.5 Å². The van der Waals surface area contributed by atoms with Gasteiger partial charge in [0.15, 0.2) is 0 Å². The number of hydrogen-bond acceptors (Lipinski definition) is 6. The van der Waals surface area contributed by atoms with Gasteiger partial charge in [-0.3, -0.25) is 14.7 Å². The molecule has 182 valence electrons. The molecule has 0 aliphatic carbocycles. The van der Waals surface area contributed by atoms with Crippen LogP contribution in [0.5, 0.6) is 0 Å². The summed E-state index contributed by atoms with van der Waals surface area (Å²) in [6.07, 6.45) is 4.40. The van der Waals surface area contributed by atoms with Crippen LogP contribution in [0.4, 0.5) is 4.39 Å². The van der Waals surface area contributed by atoms with E-state index >= 15 is 0 Å². The highest BCUT2D eigenvalue weighted by Gasteiger charge is 2.22. The molecule has 0 bridgehead atoms. The van der Waals surface area contributed by atoms with Gasteiger partial charge < -0.3 is 9.64 Å². The van der Waals surface area contributed by atoms with Crippen molar-refractivity contribution in [3.63, 3.8) is 0 Å². The summed E-state index contributed by atoms with van der Waals surface area (Å²) < 4.78 is 20.7. The monoisotopic (exact) mass is 493 g/mol. The fraction of sp³-hybridized carbons (Fsp3) is 0.346. The molecule has 4 heterocycles. The molecule has 7 nitrogen and oxygen atoms in total. The minimum absolute atomic E-state index is 0.00930. The molecular weight excluding hydrogens is 465 g/mol. The maximum Gasteiger partial charge on any atom is 0.264 e. The van der Waals surface area contributed by atoms with Gasteiger partial charge in [-0.15, -0.1) is 11.3 Å². The van der Waals surface area contributed by atoms with Gasteiger partial charge in [-0.25, -0.2) is 9.07 Å². The predicted molar refractivity (Wildman–Crippen MR) is 134 cm³/mol. The van der Waals surface area contributed by atoms with Gasteiger partial charge in [-0.05, 0) is 61.4 Å². The molecule has 0 spiro atoms. The molecule has 1 fully saturated rings. The second kappa shape index (κ2) is 10.6. The fourth-order valence-electron chi connectivity index (χ4n) is 4.34. The quantitative estimate of drug-likeness (QED) is 0.366. The van der Waals surface area contributed by atoms with Gasteiger partial charge in [0.1, 0.15) is 10.6 Å². The third-order valence-electron chi connectivity index (χ3n) is 6.24. The number of benzene rings is 1. The summed E-state index contributed by atoms with van der Waals surface area (Å²) in [7, 11) is 0. The van der Waals surface area contributed by atoms with Crippen LogP contribution in [0.15, 0.2) is 54.9 Å². The summed E-state index contributed by atoms with van der Waals surface area (Å²) in [5.41, 5.74) is 2.66. The molecule has 0 atom stereocenters. The van der Waals surface area contributed by atoms with Crippen molar-refractivity contribution in [1.82, 2.24) is 24.6 Å². The molecule has 1 saturated heterocycles. The summed E-state index contributed by atoms with van der Waals surface area (Å²) in [4.78, 5) is 23.7. The predicted octanol–water partition coefficient (Wildman–Crippen LogP) is 4.29. The van der Waals surface area contributed by atoms with Crippen LogP contribution in [-0.2, 0) is 11.3 Å². The SMILES string of the molecule is Cc1nn(-c2ccc(F)cc2)c2sc(C(=O)N(CCCN3CCOCC3)Cc3ccncc3)cc12. The maximum atomic E-state index is 13.7. The lowest BCUT2D eigenvalue weighted by atomic mass is 10.2. The van der Waals surface area contributed by atoms with Crippen LogP contribution < -0.4 is 0 Å². The van der Waals surface area contributed by atoms with Crippen LogP contribution in [0, 0.1) is 12.7 Å². The van der Waals surface area contributed by atoms with Crippen molar-refractivity contribution in [2.24, 2.45) is 0 Å². The molecule has 0 saturated carbocycles. The number of ether oxygens (including phenoxy) is 1. The van der Waals surface area contributed by atoms with E-state index in [0.29, 0.717) is 18.0 Å². The van der Waals surface area contributed by atoms with Crippen LogP contribution in [0.3, 0.4) is 0 Å². The summed E-state index contributed by atoms with van der Waals surface area (Å²) >= 11 is 1.43. The van der Waals surface area contributed by atoms with Crippen molar-refractivity contribution in [2.45, 2.75) is 19.9 Å². The van der Waals surface area contributed by atoms with Gasteiger partial charge in [-0.1, -0.05) is 0 Å². The molecule has 0 N–H and O–H groups in total. The number of fused-ring (bicyclic) bond motifs is 1. The molecule has 1 aliphatic rings. The Hall–Kier alpha value is -3.14. The van der Waals surface area contributed by atoms with Crippen LogP contribution in [0.25, 0.3) is 15.9 Å². The summed E-state index contributed by atoms with van der Waals surface area (Å²) in [6.45, 7) is 7.48. The summed E-state index contributed by atoms with van der Waals surface area (Å²) in [5.74, 6) is -0.283. The van der Waals surface area contributed by atoms with Gasteiger partial charge in [0.25, 0.3) is 5.91 Å². The first-order chi connectivity index (χ1) is 17.1. The number of nitrogens with zero attached hydrogens (tertiary/aromatic N) is 5. The third kappa shape index (κ3) is 5.42. The highest BCUT2D eigenvalue weighted by Crippen LogP contribution is 2.31. The lowest BCUT2D eigenvalue weighted by Gasteiger charge is -2.28. The molecule has 1 aliphatic heterocycles. The first kappa shape index (κ1) is 23.6. The topological polar surface area (TPSA) is 63.5 Å². The molecule has 9 heteroatoms. The van der Waals surface area contributed by atoms with Gasteiger partial charge in [0.2, 0.25) is 0 Å². The van der Waals surface area contributed by atoms with E-state index in [4.69, 9.17) is 4.74 Å². The lowest BCUT2D eigenvalue weighted by Crippen LogP contribution is -2.39. The van der Waals surface area contributed by atoms with Crippen LogP contribution in [-0.4, -0.2) is 69.9 Å². The highest BCUT2D eigenvalue weighted by atomic mass is 32.1. The average molecular weight is 494 g/mol.